The molecule has 0 saturated carbocycles. The van der Waals surface area contributed by atoms with Gasteiger partial charge in [0.05, 0.1) is 9.85 Å². The number of nitro benzene ring substituents is 2. The predicted molar refractivity (Wildman–Crippen MR) is 93.4 cm³/mol. The molecule has 0 fully saturated rings. The maximum absolute atomic E-state index is 10.3. The molecule has 0 atom stereocenters. The molecule has 0 aliphatic heterocycles. The second-order valence-electron chi connectivity index (χ2n) is 4.02. The van der Waals surface area contributed by atoms with Gasteiger partial charge in [-0.25, -0.2) is 0 Å². The minimum atomic E-state index is -0.426. The van der Waals surface area contributed by atoms with Crippen molar-refractivity contribution in [1.82, 2.24) is 0 Å². The highest BCUT2D eigenvalue weighted by atomic mass is 79.9. The number of nitrogens with zero attached hydrogens (tertiary/aromatic N) is 2. The van der Waals surface area contributed by atoms with E-state index < -0.39 is 4.92 Å². The Bertz CT molecular complexity index is 650. The minimum Gasteiger partial charge on any atom is -0.333 e. The van der Waals surface area contributed by atoms with Gasteiger partial charge in [0.15, 0.2) is 0 Å². The van der Waals surface area contributed by atoms with Crippen LogP contribution in [0.3, 0.4) is 0 Å². The molecule has 0 heterocycles. The zero-order valence-electron chi connectivity index (χ0n) is 12.8. The van der Waals surface area contributed by atoms with Crippen molar-refractivity contribution in [2.45, 2.75) is 13.3 Å². The minimum absolute atomic E-state index is 0.106. The first-order valence-corrected chi connectivity index (χ1v) is 7.44. The van der Waals surface area contributed by atoms with Crippen LogP contribution in [0.1, 0.15) is 12.5 Å². The summed E-state index contributed by atoms with van der Waals surface area (Å²) in [6.45, 7) is 1.97. The standard InChI is InChI=1S/C8H9NO2.C6H4BrNO2.CH5N/c1-2-7-4-3-5-8(6-7)9(10)11;7-5-2-1-3-6(4-5)8(9)10;1-2/h3-6H,2H2,1H3;1-4H;2H2,1H3. The van der Waals surface area contributed by atoms with Gasteiger partial charge in [0.1, 0.15) is 0 Å². The third-order valence-corrected chi connectivity index (χ3v) is 3.04. The van der Waals surface area contributed by atoms with Crippen molar-refractivity contribution in [3.63, 3.8) is 0 Å². The topological polar surface area (TPSA) is 112 Å². The molecule has 2 aromatic rings. The molecule has 8 heteroatoms. The van der Waals surface area contributed by atoms with Crippen LogP contribution in [-0.4, -0.2) is 16.9 Å². The molecule has 2 rings (SSSR count). The lowest BCUT2D eigenvalue weighted by molar-refractivity contribution is -0.385. The van der Waals surface area contributed by atoms with Crippen molar-refractivity contribution in [2.75, 3.05) is 7.05 Å². The van der Waals surface area contributed by atoms with Gasteiger partial charge < -0.3 is 5.73 Å². The summed E-state index contributed by atoms with van der Waals surface area (Å²) < 4.78 is 0.724. The summed E-state index contributed by atoms with van der Waals surface area (Å²) in [6.07, 6.45) is 0.835. The van der Waals surface area contributed by atoms with Crippen LogP contribution in [0.4, 0.5) is 11.4 Å². The van der Waals surface area contributed by atoms with Crippen LogP contribution in [0.2, 0.25) is 0 Å². The van der Waals surface area contributed by atoms with Gasteiger partial charge in [-0.2, -0.15) is 0 Å². The number of nitro groups is 2. The fourth-order valence-electron chi connectivity index (χ4n) is 1.48. The van der Waals surface area contributed by atoms with E-state index >= 15 is 0 Å². The highest BCUT2D eigenvalue weighted by molar-refractivity contribution is 9.10. The lowest BCUT2D eigenvalue weighted by atomic mass is 10.1. The molecule has 0 unspecified atom stereocenters. The molecular weight excluding hydrogens is 366 g/mol. The van der Waals surface area contributed by atoms with Crippen LogP contribution in [-0.2, 0) is 6.42 Å². The summed E-state index contributed by atoms with van der Waals surface area (Å²) in [4.78, 5) is 19.6. The van der Waals surface area contributed by atoms with Gasteiger partial charge >= 0.3 is 0 Å². The Morgan fingerprint density at radius 1 is 0.957 bits per heavy atom. The van der Waals surface area contributed by atoms with Crippen molar-refractivity contribution < 1.29 is 9.85 Å². The highest BCUT2D eigenvalue weighted by Gasteiger charge is 2.03. The number of rotatable bonds is 3. The molecule has 0 amide bonds. The molecule has 0 radical (unpaired) electrons. The van der Waals surface area contributed by atoms with E-state index in [0.717, 1.165) is 16.5 Å². The van der Waals surface area contributed by atoms with Gasteiger partial charge in [0, 0.05) is 28.7 Å². The second-order valence-corrected chi connectivity index (χ2v) is 4.93. The number of nitrogens with two attached hydrogens (primary N) is 1. The van der Waals surface area contributed by atoms with E-state index in [1.807, 2.05) is 13.0 Å². The Morgan fingerprint density at radius 3 is 1.83 bits per heavy atom. The molecule has 2 aromatic carbocycles. The van der Waals surface area contributed by atoms with E-state index in [1.165, 1.54) is 25.2 Å². The largest absolute Gasteiger partial charge is 0.333 e. The normalized spacial score (nSPS) is 8.87. The van der Waals surface area contributed by atoms with Gasteiger partial charge in [-0.1, -0.05) is 41.1 Å². The SMILES string of the molecule is CCc1cccc([N+](=O)[O-])c1.CN.O=[N+]([O-])c1cccc(Br)c1. The summed E-state index contributed by atoms with van der Waals surface area (Å²) >= 11 is 3.13. The van der Waals surface area contributed by atoms with Gasteiger partial charge in [-0.3, -0.25) is 20.2 Å². The van der Waals surface area contributed by atoms with Gasteiger partial charge in [0.25, 0.3) is 11.4 Å². The fraction of sp³-hybridized carbons (Fsp3) is 0.200. The van der Waals surface area contributed by atoms with Crippen LogP contribution in [0.25, 0.3) is 0 Å². The molecular formula is C15H18BrN3O4. The lowest BCUT2D eigenvalue weighted by Crippen LogP contribution is -1.88. The van der Waals surface area contributed by atoms with Crippen molar-refractivity contribution in [3.8, 4) is 0 Å². The number of hydrogen-bond donors (Lipinski definition) is 1. The number of halogens is 1. The van der Waals surface area contributed by atoms with E-state index in [4.69, 9.17) is 0 Å². The number of aryl methyl sites for hydroxylation is 1. The van der Waals surface area contributed by atoms with E-state index in [1.54, 1.807) is 24.3 Å². The second kappa shape index (κ2) is 11.3. The Morgan fingerprint density at radius 2 is 1.43 bits per heavy atom. The Balaban J connectivity index is 0.000000381. The van der Waals surface area contributed by atoms with E-state index in [2.05, 4.69) is 21.7 Å². The first-order chi connectivity index (χ1) is 10.9. The summed E-state index contributed by atoms with van der Waals surface area (Å²) in [5.41, 5.74) is 5.78. The Labute approximate surface area is 142 Å². The van der Waals surface area contributed by atoms with Gasteiger partial charge in [0.2, 0.25) is 0 Å². The summed E-state index contributed by atoms with van der Waals surface area (Å²) in [6, 6.07) is 13.0. The zero-order chi connectivity index (χ0) is 17.8. The molecule has 0 aliphatic carbocycles. The molecule has 23 heavy (non-hydrogen) atoms. The predicted octanol–water partition coefficient (Wildman–Crippen LogP) is 4.09. The first kappa shape index (κ1) is 20.7. The number of hydrogen-bond acceptors (Lipinski definition) is 5. The average Bonchev–Trinajstić information content (AvgIpc) is 2.57. The van der Waals surface area contributed by atoms with E-state index in [-0.39, 0.29) is 16.3 Å². The van der Waals surface area contributed by atoms with Crippen LogP contribution in [0.5, 0.6) is 0 Å². The summed E-state index contributed by atoms with van der Waals surface area (Å²) in [7, 11) is 1.50. The van der Waals surface area contributed by atoms with Crippen molar-refractivity contribution >= 4 is 27.3 Å². The number of non-ortho nitro benzene ring substituents is 2. The van der Waals surface area contributed by atoms with Gasteiger partial charge in [-0.15, -0.1) is 0 Å². The van der Waals surface area contributed by atoms with Crippen molar-refractivity contribution in [1.29, 1.82) is 0 Å². The van der Waals surface area contributed by atoms with E-state index in [9.17, 15) is 20.2 Å². The molecule has 0 aromatic heterocycles. The molecule has 0 aliphatic rings. The maximum atomic E-state index is 10.3. The Hall–Kier alpha value is -2.32. The fourth-order valence-corrected chi connectivity index (χ4v) is 1.87. The van der Waals surface area contributed by atoms with E-state index in [0.29, 0.717) is 0 Å². The quantitative estimate of drug-likeness (QED) is 0.633. The summed E-state index contributed by atoms with van der Waals surface area (Å²) in [5.74, 6) is 0. The third-order valence-electron chi connectivity index (χ3n) is 2.55. The van der Waals surface area contributed by atoms with Crippen LogP contribution in [0.15, 0.2) is 53.0 Å². The number of benzene rings is 2. The third kappa shape index (κ3) is 8.03. The molecule has 124 valence electrons. The van der Waals surface area contributed by atoms with Crippen LogP contribution >= 0.6 is 15.9 Å². The molecule has 7 nitrogen and oxygen atoms in total. The van der Waals surface area contributed by atoms with Crippen LogP contribution in [0, 0.1) is 20.2 Å². The lowest BCUT2D eigenvalue weighted by Gasteiger charge is -1.94. The monoisotopic (exact) mass is 383 g/mol. The Kier molecular flexibility index (Phi) is 10.1. The summed E-state index contributed by atoms with van der Waals surface area (Å²) in [5, 5.41) is 20.4. The van der Waals surface area contributed by atoms with Crippen LogP contribution < -0.4 is 5.73 Å². The highest BCUT2D eigenvalue weighted by Crippen LogP contribution is 2.17. The molecule has 0 spiro atoms. The van der Waals surface area contributed by atoms with Gasteiger partial charge in [-0.05, 0) is 25.1 Å². The average molecular weight is 384 g/mol. The van der Waals surface area contributed by atoms with Crippen molar-refractivity contribution in [3.05, 3.63) is 78.8 Å². The molecule has 0 bridgehead atoms. The first-order valence-electron chi connectivity index (χ1n) is 6.65. The molecule has 2 N–H and O–H groups in total. The zero-order valence-corrected chi connectivity index (χ0v) is 14.4. The molecule has 0 saturated heterocycles. The smallest absolute Gasteiger partial charge is 0.270 e. The maximum Gasteiger partial charge on any atom is 0.270 e. The van der Waals surface area contributed by atoms with Crippen molar-refractivity contribution in [2.24, 2.45) is 5.73 Å².